The molecule has 2 aliphatic rings. The van der Waals surface area contributed by atoms with Crippen molar-refractivity contribution in [1.29, 1.82) is 0 Å². The standard InChI is InChI=1S/C30H43IN2O7/c1-3-4-5-6-7-12-27(36)33(22-10-8-9-11-22)24-17-21(30(38)32-13-14-34)18-25(28(24)37)40-29-23(31)15-20(19-35)16-26(29)39-2/h15-16,18-19,22,24-25,28,34,37H,3-14,17H2,1-2H3,(H,32,38). The quantitative estimate of drug-likeness (QED) is 0.146. The van der Waals surface area contributed by atoms with E-state index in [2.05, 4.69) is 12.2 Å². The highest BCUT2D eigenvalue weighted by atomic mass is 127. The number of hydrogen-bond acceptors (Lipinski definition) is 7. The number of halogens is 1. The zero-order valence-corrected chi connectivity index (χ0v) is 25.7. The van der Waals surface area contributed by atoms with Gasteiger partial charge in [-0.25, -0.2) is 0 Å². The molecule has 222 valence electrons. The number of carbonyl (C=O) groups is 3. The minimum absolute atomic E-state index is 0.00448. The molecule has 3 rings (SSSR count). The number of aliphatic hydroxyl groups is 2. The number of unbranched alkanes of at least 4 members (excludes halogenated alkanes) is 4. The summed E-state index contributed by atoms with van der Waals surface area (Å²) in [6, 6.07) is 2.57. The Hall–Kier alpha value is -2.18. The van der Waals surface area contributed by atoms with Gasteiger partial charge in [-0.3, -0.25) is 14.4 Å². The Balaban J connectivity index is 1.94. The number of methoxy groups -OCH3 is 1. The van der Waals surface area contributed by atoms with E-state index in [-0.39, 0.29) is 37.4 Å². The fourth-order valence-corrected chi connectivity index (χ4v) is 6.41. The lowest BCUT2D eigenvalue weighted by molar-refractivity contribution is -0.142. The Morgan fingerprint density at radius 2 is 1.90 bits per heavy atom. The van der Waals surface area contributed by atoms with Gasteiger partial charge in [0.1, 0.15) is 18.5 Å². The van der Waals surface area contributed by atoms with E-state index < -0.39 is 18.2 Å². The van der Waals surface area contributed by atoms with Crippen LogP contribution in [0, 0.1) is 3.57 Å². The molecule has 1 aromatic carbocycles. The summed E-state index contributed by atoms with van der Waals surface area (Å²) < 4.78 is 12.4. The van der Waals surface area contributed by atoms with Crippen molar-refractivity contribution in [2.24, 2.45) is 0 Å². The first-order valence-corrected chi connectivity index (χ1v) is 15.5. The maximum Gasteiger partial charge on any atom is 0.247 e. The fraction of sp³-hybridized carbons (Fsp3) is 0.633. The van der Waals surface area contributed by atoms with Crippen molar-refractivity contribution in [3.63, 3.8) is 0 Å². The van der Waals surface area contributed by atoms with E-state index in [1.165, 1.54) is 7.11 Å². The van der Waals surface area contributed by atoms with E-state index in [9.17, 15) is 24.6 Å². The fourth-order valence-electron chi connectivity index (χ4n) is 5.66. The SMILES string of the molecule is CCCCCCCC(=O)N(C1CCCC1)C1CC(C(=O)NCCO)=CC(Oc2c(I)cc(C=O)cc2OC)C1O. The van der Waals surface area contributed by atoms with Gasteiger partial charge in [-0.1, -0.05) is 45.4 Å². The molecule has 2 amide bonds. The number of amides is 2. The lowest BCUT2D eigenvalue weighted by atomic mass is 9.87. The molecule has 1 saturated carbocycles. The van der Waals surface area contributed by atoms with E-state index in [1.54, 1.807) is 18.2 Å². The summed E-state index contributed by atoms with van der Waals surface area (Å²) >= 11 is 2.05. The van der Waals surface area contributed by atoms with Crippen molar-refractivity contribution in [3.05, 3.63) is 32.9 Å². The van der Waals surface area contributed by atoms with Crippen molar-refractivity contribution in [3.8, 4) is 11.5 Å². The summed E-state index contributed by atoms with van der Waals surface area (Å²) in [6.07, 6.45) is 9.80. The first-order chi connectivity index (χ1) is 19.3. The van der Waals surface area contributed by atoms with Crippen LogP contribution in [0.25, 0.3) is 0 Å². The van der Waals surface area contributed by atoms with Gasteiger partial charge in [0.05, 0.1) is 23.3 Å². The summed E-state index contributed by atoms with van der Waals surface area (Å²) in [4.78, 5) is 40.0. The maximum atomic E-state index is 13.7. The number of rotatable bonds is 15. The van der Waals surface area contributed by atoms with E-state index in [1.807, 2.05) is 27.5 Å². The molecule has 1 fully saturated rings. The number of ether oxygens (including phenoxy) is 2. The second-order valence-electron chi connectivity index (χ2n) is 10.6. The van der Waals surface area contributed by atoms with Gasteiger partial charge < -0.3 is 29.9 Å². The van der Waals surface area contributed by atoms with Crippen molar-refractivity contribution in [1.82, 2.24) is 10.2 Å². The number of aldehydes is 1. The molecule has 3 N–H and O–H groups in total. The summed E-state index contributed by atoms with van der Waals surface area (Å²) in [5.41, 5.74) is 0.818. The number of benzene rings is 1. The lowest BCUT2D eigenvalue weighted by Crippen LogP contribution is -2.57. The molecule has 0 aliphatic heterocycles. The molecule has 0 heterocycles. The number of nitrogens with zero attached hydrogens (tertiary/aromatic N) is 1. The Labute approximate surface area is 250 Å². The predicted molar refractivity (Wildman–Crippen MR) is 161 cm³/mol. The first-order valence-electron chi connectivity index (χ1n) is 14.4. The second kappa shape index (κ2) is 16.3. The van der Waals surface area contributed by atoms with Gasteiger partial charge in [0.15, 0.2) is 11.5 Å². The molecular weight excluding hydrogens is 627 g/mol. The van der Waals surface area contributed by atoms with Crippen LogP contribution in [0.15, 0.2) is 23.8 Å². The molecule has 0 spiro atoms. The zero-order chi connectivity index (χ0) is 29.1. The monoisotopic (exact) mass is 670 g/mol. The third-order valence-electron chi connectivity index (χ3n) is 7.71. The average molecular weight is 671 g/mol. The highest BCUT2D eigenvalue weighted by Crippen LogP contribution is 2.38. The van der Waals surface area contributed by atoms with Crippen LogP contribution in [0.3, 0.4) is 0 Å². The van der Waals surface area contributed by atoms with Crippen LogP contribution in [0.2, 0.25) is 0 Å². The molecule has 0 radical (unpaired) electrons. The third kappa shape index (κ3) is 8.42. The molecule has 0 aromatic heterocycles. The number of carbonyl (C=O) groups excluding carboxylic acids is 3. The number of hydrogen-bond donors (Lipinski definition) is 3. The van der Waals surface area contributed by atoms with Crippen LogP contribution in [0.4, 0.5) is 0 Å². The van der Waals surface area contributed by atoms with Crippen molar-refractivity contribution < 1.29 is 34.1 Å². The second-order valence-corrected chi connectivity index (χ2v) is 11.7. The Bertz CT molecular complexity index is 1040. The molecule has 10 heteroatoms. The Morgan fingerprint density at radius 1 is 1.18 bits per heavy atom. The van der Waals surface area contributed by atoms with Crippen molar-refractivity contribution in [2.45, 2.75) is 102 Å². The summed E-state index contributed by atoms with van der Waals surface area (Å²) in [7, 11) is 1.47. The smallest absolute Gasteiger partial charge is 0.247 e. The average Bonchev–Trinajstić information content (AvgIpc) is 3.48. The molecule has 1 aromatic rings. The van der Waals surface area contributed by atoms with Gasteiger partial charge in [-0.2, -0.15) is 0 Å². The van der Waals surface area contributed by atoms with Crippen LogP contribution in [0.5, 0.6) is 11.5 Å². The van der Waals surface area contributed by atoms with Gasteiger partial charge in [0, 0.05) is 36.6 Å². The molecule has 3 atom stereocenters. The van der Waals surface area contributed by atoms with Crippen molar-refractivity contribution >= 4 is 40.7 Å². The highest BCUT2D eigenvalue weighted by molar-refractivity contribution is 14.1. The Morgan fingerprint density at radius 3 is 2.55 bits per heavy atom. The minimum Gasteiger partial charge on any atom is -0.493 e. The molecular formula is C30H43IN2O7. The normalized spacial score (nSPS) is 21.0. The molecule has 40 heavy (non-hydrogen) atoms. The minimum atomic E-state index is -1.09. The topological polar surface area (TPSA) is 125 Å². The summed E-state index contributed by atoms with van der Waals surface area (Å²) in [6.45, 7) is 2.05. The number of aliphatic hydroxyl groups excluding tert-OH is 2. The van der Waals surface area contributed by atoms with Gasteiger partial charge in [-0.15, -0.1) is 0 Å². The first kappa shape index (κ1) is 32.3. The molecule has 9 nitrogen and oxygen atoms in total. The van der Waals surface area contributed by atoms with Gasteiger partial charge in [0.25, 0.3) is 0 Å². The molecule has 0 bridgehead atoms. The Kier molecular flexibility index (Phi) is 13.2. The molecule has 0 saturated heterocycles. The van der Waals surface area contributed by atoms with Crippen LogP contribution in [-0.2, 0) is 9.59 Å². The maximum absolute atomic E-state index is 13.7. The largest absolute Gasteiger partial charge is 0.493 e. The van der Waals surface area contributed by atoms with Crippen LogP contribution < -0.4 is 14.8 Å². The molecule has 2 aliphatic carbocycles. The van der Waals surface area contributed by atoms with Crippen LogP contribution in [0.1, 0.15) is 87.9 Å². The van der Waals surface area contributed by atoms with E-state index in [4.69, 9.17) is 9.47 Å². The highest BCUT2D eigenvalue weighted by Gasteiger charge is 2.43. The van der Waals surface area contributed by atoms with Crippen molar-refractivity contribution in [2.75, 3.05) is 20.3 Å². The third-order valence-corrected chi connectivity index (χ3v) is 8.51. The lowest BCUT2D eigenvalue weighted by Gasteiger charge is -2.43. The van der Waals surface area contributed by atoms with E-state index >= 15 is 0 Å². The zero-order valence-electron chi connectivity index (χ0n) is 23.6. The van der Waals surface area contributed by atoms with Gasteiger partial charge >= 0.3 is 0 Å². The van der Waals surface area contributed by atoms with Crippen LogP contribution in [-0.4, -0.2) is 77.8 Å². The van der Waals surface area contributed by atoms with E-state index in [0.717, 1.165) is 64.1 Å². The van der Waals surface area contributed by atoms with Gasteiger partial charge in [-0.05, 0) is 60.1 Å². The summed E-state index contributed by atoms with van der Waals surface area (Å²) in [5.74, 6) is 0.319. The molecule has 3 unspecified atom stereocenters. The predicted octanol–water partition coefficient (Wildman–Crippen LogP) is 4.16. The van der Waals surface area contributed by atoms with Crippen LogP contribution >= 0.6 is 22.6 Å². The van der Waals surface area contributed by atoms with Gasteiger partial charge in [0.2, 0.25) is 11.8 Å². The van der Waals surface area contributed by atoms with E-state index in [0.29, 0.717) is 32.6 Å². The summed E-state index contributed by atoms with van der Waals surface area (Å²) in [5, 5.41) is 23.6. The number of nitrogens with one attached hydrogen (secondary N) is 1.